The van der Waals surface area contributed by atoms with Gasteiger partial charge in [-0.05, 0) is 37.3 Å². The van der Waals surface area contributed by atoms with Crippen molar-refractivity contribution in [1.29, 1.82) is 0 Å². The Bertz CT molecular complexity index is 890. The summed E-state index contributed by atoms with van der Waals surface area (Å²) in [5.41, 5.74) is 0.780. The highest BCUT2D eigenvalue weighted by Gasteiger charge is 2.34. The van der Waals surface area contributed by atoms with E-state index in [0.29, 0.717) is 37.7 Å². The zero-order chi connectivity index (χ0) is 22.9. The molecule has 4 atom stereocenters. The quantitative estimate of drug-likeness (QED) is 0.355. The van der Waals surface area contributed by atoms with Crippen LogP contribution >= 0.6 is 0 Å². The van der Waals surface area contributed by atoms with Gasteiger partial charge in [-0.1, -0.05) is 43.4 Å². The highest BCUT2D eigenvalue weighted by molar-refractivity contribution is 5.94. The number of phenols is 1. The van der Waals surface area contributed by atoms with Crippen molar-refractivity contribution >= 4 is 11.9 Å². The summed E-state index contributed by atoms with van der Waals surface area (Å²) in [6.07, 6.45) is 11.7. The van der Waals surface area contributed by atoms with Crippen LogP contribution in [0, 0.1) is 0 Å². The Labute approximate surface area is 188 Å². The fourth-order valence-electron chi connectivity index (χ4n) is 4.07. The van der Waals surface area contributed by atoms with Crippen molar-refractivity contribution in [2.75, 3.05) is 0 Å². The number of nitrogens with one attached hydrogen (secondary N) is 1. The lowest BCUT2D eigenvalue weighted by molar-refractivity contribution is -0.115. The molecule has 2 aliphatic heterocycles. The summed E-state index contributed by atoms with van der Waals surface area (Å²) in [6.45, 7) is 2.01. The molecule has 7 nitrogen and oxygen atoms in total. The van der Waals surface area contributed by atoms with Crippen LogP contribution in [-0.2, 0) is 20.7 Å². The molecule has 3 rings (SSSR count). The third-order valence-corrected chi connectivity index (χ3v) is 5.51. The predicted molar refractivity (Wildman–Crippen MR) is 120 cm³/mol. The zero-order valence-electron chi connectivity index (χ0n) is 18.3. The Kier molecular flexibility index (Phi) is 8.64. The van der Waals surface area contributed by atoms with Crippen LogP contribution in [0.3, 0.4) is 0 Å². The number of allylic oxidation sites excluding steroid dienone is 3. The van der Waals surface area contributed by atoms with E-state index in [1.54, 1.807) is 24.3 Å². The number of phenolic OH excluding ortho intramolecular Hbond substituents is 1. The van der Waals surface area contributed by atoms with E-state index < -0.39 is 18.2 Å². The lowest BCUT2D eigenvalue weighted by Gasteiger charge is -2.36. The number of aliphatic hydroxyl groups is 1. The number of hydrogen-bond acceptors (Lipinski definition) is 6. The molecule has 0 saturated carbocycles. The summed E-state index contributed by atoms with van der Waals surface area (Å²) < 4.78 is 11.9. The van der Waals surface area contributed by atoms with Gasteiger partial charge in [0.1, 0.15) is 17.4 Å². The van der Waals surface area contributed by atoms with E-state index in [1.807, 2.05) is 19.1 Å². The van der Waals surface area contributed by atoms with Crippen molar-refractivity contribution < 1.29 is 29.3 Å². The molecule has 0 aliphatic carbocycles. The number of aliphatic hydroxyl groups excluding tert-OH is 1. The Hall–Kier alpha value is -2.90. The lowest BCUT2D eigenvalue weighted by atomic mass is 9.91. The highest BCUT2D eigenvalue weighted by Crippen LogP contribution is 2.32. The number of fused-ring (bicyclic) bond motifs is 3. The minimum atomic E-state index is -0.577. The summed E-state index contributed by atoms with van der Waals surface area (Å²) in [5, 5.41) is 23.2. The normalized spacial score (nSPS) is 26.2. The minimum Gasteiger partial charge on any atom is -0.507 e. The third kappa shape index (κ3) is 6.80. The van der Waals surface area contributed by atoms with Gasteiger partial charge >= 0.3 is 5.97 Å². The Morgan fingerprint density at radius 3 is 2.81 bits per heavy atom. The van der Waals surface area contributed by atoms with Gasteiger partial charge in [-0.15, -0.1) is 0 Å². The van der Waals surface area contributed by atoms with Gasteiger partial charge in [0.15, 0.2) is 0 Å². The fraction of sp³-hybridized carbons (Fsp3) is 0.440. The number of hydrogen-bond donors (Lipinski definition) is 3. The summed E-state index contributed by atoms with van der Waals surface area (Å²) in [7, 11) is 0. The second kappa shape index (κ2) is 11.6. The van der Waals surface area contributed by atoms with Gasteiger partial charge in [0.2, 0.25) is 5.91 Å². The van der Waals surface area contributed by atoms with E-state index in [9.17, 15) is 19.8 Å². The summed E-state index contributed by atoms with van der Waals surface area (Å²) in [6, 6.07) is 4.91. The Morgan fingerprint density at radius 2 is 2.00 bits per heavy atom. The maximum atomic E-state index is 12.9. The molecule has 1 aromatic rings. The summed E-state index contributed by atoms with van der Waals surface area (Å²) in [5.74, 6) is -0.969. The molecule has 1 unspecified atom stereocenters. The first-order valence-electron chi connectivity index (χ1n) is 11.1. The molecule has 1 fully saturated rings. The average Bonchev–Trinajstić information content (AvgIpc) is 2.73. The van der Waals surface area contributed by atoms with Crippen LogP contribution in [0.1, 0.15) is 54.9 Å². The van der Waals surface area contributed by atoms with Crippen molar-refractivity contribution in [2.45, 2.75) is 69.9 Å². The van der Waals surface area contributed by atoms with Crippen molar-refractivity contribution in [1.82, 2.24) is 5.32 Å². The van der Waals surface area contributed by atoms with E-state index in [2.05, 4.69) is 5.32 Å². The van der Waals surface area contributed by atoms with E-state index in [-0.39, 0.29) is 29.4 Å². The molecule has 7 heteroatoms. The number of cyclic esters (lactones) is 1. The van der Waals surface area contributed by atoms with Crippen LogP contribution in [0.25, 0.3) is 0 Å². The molecule has 2 heterocycles. The van der Waals surface area contributed by atoms with Crippen LogP contribution in [0.4, 0.5) is 0 Å². The smallest absolute Gasteiger partial charge is 0.342 e. The molecule has 172 valence electrons. The van der Waals surface area contributed by atoms with Gasteiger partial charge in [0.05, 0.1) is 18.3 Å². The Balaban J connectivity index is 1.70. The molecule has 32 heavy (non-hydrogen) atoms. The summed E-state index contributed by atoms with van der Waals surface area (Å²) in [4.78, 5) is 24.7. The van der Waals surface area contributed by atoms with Crippen LogP contribution in [0.2, 0.25) is 0 Å². The third-order valence-electron chi connectivity index (χ3n) is 5.51. The Morgan fingerprint density at radius 1 is 1.19 bits per heavy atom. The maximum absolute atomic E-state index is 12.9. The average molecular weight is 442 g/mol. The summed E-state index contributed by atoms with van der Waals surface area (Å²) >= 11 is 0. The monoisotopic (exact) mass is 441 g/mol. The number of carbonyl (C=O) groups excluding carboxylic acids is 2. The lowest BCUT2D eigenvalue weighted by Crippen LogP contribution is -2.40. The van der Waals surface area contributed by atoms with E-state index in [4.69, 9.17) is 9.47 Å². The largest absolute Gasteiger partial charge is 0.507 e. The minimum absolute atomic E-state index is 0.133. The number of carbonyl (C=O) groups is 2. The number of benzene rings is 1. The topological polar surface area (TPSA) is 105 Å². The first-order chi connectivity index (χ1) is 15.5. The molecule has 1 aromatic carbocycles. The van der Waals surface area contributed by atoms with Gasteiger partial charge in [0.25, 0.3) is 0 Å². The van der Waals surface area contributed by atoms with Gasteiger partial charge in [-0.25, -0.2) is 4.79 Å². The molecular formula is C25H31NO6. The van der Waals surface area contributed by atoms with E-state index in [0.717, 1.165) is 6.42 Å². The number of ether oxygens (including phenoxy) is 2. The molecule has 0 aromatic heterocycles. The van der Waals surface area contributed by atoms with E-state index in [1.165, 1.54) is 18.3 Å². The molecule has 1 saturated heterocycles. The second-order valence-corrected chi connectivity index (χ2v) is 8.13. The molecule has 2 aliphatic rings. The van der Waals surface area contributed by atoms with Gasteiger partial charge in [0, 0.05) is 25.1 Å². The van der Waals surface area contributed by atoms with Crippen LogP contribution < -0.4 is 5.32 Å². The van der Waals surface area contributed by atoms with Crippen molar-refractivity contribution in [3.8, 4) is 5.75 Å². The number of esters is 1. The van der Waals surface area contributed by atoms with Crippen molar-refractivity contribution in [3.05, 3.63) is 65.9 Å². The first kappa shape index (κ1) is 23.8. The molecule has 0 spiro atoms. The second-order valence-electron chi connectivity index (χ2n) is 8.13. The van der Waals surface area contributed by atoms with Gasteiger partial charge in [-0.3, -0.25) is 4.79 Å². The van der Waals surface area contributed by atoms with Crippen molar-refractivity contribution in [3.63, 3.8) is 0 Å². The highest BCUT2D eigenvalue weighted by atomic mass is 16.5. The molecule has 3 N–H and O–H groups in total. The SMILES string of the molecule is CC/C=C\C=C/C(=O)N/C=C/CC1C[C@H]2C[C@H](O)C[C@H](Cc3cccc(O)c3C(=O)O1)O2. The van der Waals surface area contributed by atoms with Gasteiger partial charge in [-0.2, -0.15) is 0 Å². The van der Waals surface area contributed by atoms with Crippen LogP contribution in [0.5, 0.6) is 5.75 Å². The molecule has 0 radical (unpaired) electrons. The first-order valence-corrected chi connectivity index (χ1v) is 11.1. The maximum Gasteiger partial charge on any atom is 0.342 e. The zero-order valence-corrected chi connectivity index (χ0v) is 18.3. The fourth-order valence-corrected chi connectivity index (χ4v) is 4.07. The van der Waals surface area contributed by atoms with Crippen molar-refractivity contribution in [2.24, 2.45) is 0 Å². The molecular weight excluding hydrogens is 410 g/mol. The molecule has 1 amide bonds. The number of aromatic hydroxyl groups is 1. The number of rotatable bonds is 6. The van der Waals surface area contributed by atoms with Gasteiger partial charge < -0.3 is 25.0 Å². The van der Waals surface area contributed by atoms with Crippen LogP contribution in [0.15, 0.2) is 54.8 Å². The van der Waals surface area contributed by atoms with E-state index >= 15 is 0 Å². The number of amides is 1. The molecule has 2 bridgehead atoms. The standard InChI is InChI=1S/C25H31NO6/c1-2-3-4-5-11-23(29)26-12-7-9-19-16-21-15-18(27)14-20(31-21)13-17-8-6-10-22(28)24(17)25(30)32-19/h3-8,10-12,18-21,27-28H,2,9,13-16H2,1H3,(H,26,29)/b4-3-,11-5-,12-7+/t18-,19?,20+,21-/m1/s1. The predicted octanol–water partition coefficient (Wildman–Crippen LogP) is 3.31. The van der Waals surface area contributed by atoms with Crippen LogP contribution in [-0.4, -0.2) is 46.5 Å².